The van der Waals surface area contributed by atoms with Crippen molar-refractivity contribution in [1.82, 2.24) is 4.31 Å². The first-order chi connectivity index (χ1) is 9.50. The Hall–Kier alpha value is -1.66. The van der Waals surface area contributed by atoms with E-state index in [9.17, 15) is 13.2 Å². The predicted molar refractivity (Wildman–Crippen MR) is 77.6 cm³/mol. The summed E-state index contributed by atoms with van der Waals surface area (Å²) in [6.07, 6.45) is 0. The number of carbonyl (C=O) groups excluding carboxylic acids is 1. The molecule has 0 atom stereocenters. The van der Waals surface area contributed by atoms with Crippen molar-refractivity contribution in [2.75, 3.05) is 0 Å². The number of sulfonamides is 1. The van der Waals surface area contributed by atoms with Crippen molar-refractivity contribution >= 4 is 31.9 Å². The lowest BCUT2D eigenvalue weighted by molar-refractivity contribution is 0.0865. The SMILES string of the molecule is O=C1c2ccccc2S(=O)(=O)N1Cc1cccc(Br)c1. The lowest BCUT2D eigenvalue weighted by atomic mass is 10.2. The Bertz CT molecular complexity index is 802. The normalized spacial score (nSPS) is 16.2. The average Bonchev–Trinajstić information content (AvgIpc) is 2.61. The maximum atomic E-state index is 12.4. The molecule has 2 aromatic rings. The first kappa shape index (κ1) is 13.3. The van der Waals surface area contributed by atoms with Crippen molar-refractivity contribution in [2.45, 2.75) is 11.4 Å². The third-order valence-corrected chi connectivity index (χ3v) is 5.41. The van der Waals surface area contributed by atoms with E-state index in [4.69, 9.17) is 0 Å². The molecule has 0 saturated heterocycles. The van der Waals surface area contributed by atoms with Crippen LogP contribution in [0.15, 0.2) is 57.9 Å². The highest BCUT2D eigenvalue weighted by Crippen LogP contribution is 2.31. The van der Waals surface area contributed by atoms with E-state index in [-0.39, 0.29) is 17.0 Å². The van der Waals surface area contributed by atoms with Crippen LogP contribution in [-0.2, 0) is 16.6 Å². The Labute approximate surface area is 125 Å². The summed E-state index contributed by atoms with van der Waals surface area (Å²) in [7, 11) is -3.74. The highest BCUT2D eigenvalue weighted by molar-refractivity contribution is 9.10. The zero-order valence-electron chi connectivity index (χ0n) is 10.3. The van der Waals surface area contributed by atoms with E-state index in [0.717, 1.165) is 14.3 Å². The molecule has 0 unspecified atom stereocenters. The molecule has 102 valence electrons. The molecule has 1 heterocycles. The molecule has 0 fully saturated rings. The molecular formula is C14H10BrNO3S. The minimum atomic E-state index is -3.74. The van der Waals surface area contributed by atoms with Crippen molar-refractivity contribution in [3.05, 3.63) is 64.1 Å². The lowest BCUT2D eigenvalue weighted by Gasteiger charge is -2.15. The van der Waals surface area contributed by atoms with Gasteiger partial charge in [-0.25, -0.2) is 12.7 Å². The van der Waals surface area contributed by atoms with Gasteiger partial charge >= 0.3 is 0 Å². The van der Waals surface area contributed by atoms with Gasteiger partial charge in [0.25, 0.3) is 15.9 Å². The summed E-state index contributed by atoms with van der Waals surface area (Å²) in [6, 6.07) is 13.5. The largest absolute Gasteiger partial charge is 0.269 e. The molecule has 2 aromatic carbocycles. The van der Waals surface area contributed by atoms with E-state index in [1.807, 2.05) is 6.07 Å². The van der Waals surface area contributed by atoms with Gasteiger partial charge in [-0.05, 0) is 29.8 Å². The molecule has 0 radical (unpaired) electrons. The molecule has 6 heteroatoms. The van der Waals surface area contributed by atoms with Crippen LogP contribution in [0.1, 0.15) is 15.9 Å². The molecule has 0 saturated carbocycles. The number of fused-ring (bicyclic) bond motifs is 1. The highest BCUT2D eigenvalue weighted by atomic mass is 79.9. The molecule has 1 amide bonds. The molecule has 0 N–H and O–H groups in total. The van der Waals surface area contributed by atoms with Gasteiger partial charge in [0.2, 0.25) is 0 Å². The number of nitrogens with zero attached hydrogens (tertiary/aromatic N) is 1. The molecule has 1 aliphatic heterocycles. The minimum absolute atomic E-state index is 0.0370. The standard InChI is InChI=1S/C14H10BrNO3S/c15-11-5-3-4-10(8-11)9-16-14(17)12-6-1-2-7-13(12)20(16,18)19/h1-8H,9H2. The van der Waals surface area contributed by atoms with Gasteiger partial charge in [-0.2, -0.15) is 0 Å². The molecule has 4 nitrogen and oxygen atoms in total. The van der Waals surface area contributed by atoms with Gasteiger partial charge in [0.1, 0.15) is 4.90 Å². The van der Waals surface area contributed by atoms with Gasteiger partial charge in [0.15, 0.2) is 0 Å². The number of hydrogen-bond acceptors (Lipinski definition) is 3. The van der Waals surface area contributed by atoms with E-state index in [1.54, 1.807) is 30.3 Å². The molecule has 0 aromatic heterocycles. The monoisotopic (exact) mass is 351 g/mol. The quantitative estimate of drug-likeness (QED) is 0.835. The van der Waals surface area contributed by atoms with Crippen molar-refractivity contribution in [2.24, 2.45) is 0 Å². The first-order valence-electron chi connectivity index (χ1n) is 5.91. The van der Waals surface area contributed by atoms with Crippen LogP contribution < -0.4 is 0 Å². The summed E-state index contributed by atoms with van der Waals surface area (Å²) < 4.78 is 26.5. The number of halogens is 1. The van der Waals surface area contributed by atoms with E-state index in [2.05, 4.69) is 15.9 Å². The molecule has 0 bridgehead atoms. The van der Waals surface area contributed by atoms with E-state index in [0.29, 0.717) is 0 Å². The number of hydrogen-bond donors (Lipinski definition) is 0. The fraction of sp³-hybridized carbons (Fsp3) is 0.0714. The molecule has 0 spiro atoms. The number of rotatable bonds is 2. The van der Waals surface area contributed by atoms with E-state index >= 15 is 0 Å². The lowest BCUT2D eigenvalue weighted by Crippen LogP contribution is -2.29. The fourth-order valence-corrected chi connectivity index (χ4v) is 4.19. The smallest absolute Gasteiger partial charge is 0.268 e. The van der Waals surface area contributed by atoms with Crippen LogP contribution in [0, 0.1) is 0 Å². The summed E-state index contributed by atoms with van der Waals surface area (Å²) in [5.41, 5.74) is 0.992. The zero-order valence-corrected chi connectivity index (χ0v) is 12.7. The van der Waals surface area contributed by atoms with Crippen LogP contribution in [0.2, 0.25) is 0 Å². The van der Waals surface area contributed by atoms with Gasteiger partial charge in [0.05, 0.1) is 12.1 Å². The summed E-state index contributed by atoms with van der Waals surface area (Å²) in [4.78, 5) is 12.3. The highest BCUT2D eigenvalue weighted by Gasteiger charge is 2.40. The van der Waals surface area contributed by atoms with Gasteiger partial charge in [-0.1, -0.05) is 40.2 Å². The van der Waals surface area contributed by atoms with E-state index < -0.39 is 15.9 Å². The molecular weight excluding hydrogens is 342 g/mol. The maximum absolute atomic E-state index is 12.4. The van der Waals surface area contributed by atoms with Crippen molar-refractivity contribution in [1.29, 1.82) is 0 Å². The summed E-state index contributed by atoms with van der Waals surface area (Å²) in [5.74, 6) is -0.472. The molecule has 3 rings (SSSR count). The van der Waals surface area contributed by atoms with Crippen molar-refractivity contribution in [3.8, 4) is 0 Å². The first-order valence-corrected chi connectivity index (χ1v) is 8.14. The van der Waals surface area contributed by atoms with Crippen LogP contribution in [0.3, 0.4) is 0 Å². The Balaban J connectivity index is 2.03. The molecule has 20 heavy (non-hydrogen) atoms. The average molecular weight is 352 g/mol. The zero-order chi connectivity index (χ0) is 14.3. The second-order valence-electron chi connectivity index (χ2n) is 4.44. The van der Waals surface area contributed by atoms with E-state index in [1.165, 1.54) is 12.1 Å². The van der Waals surface area contributed by atoms with Crippen molar-refractivity contribution in [3.63, 3.8) is 0 Å². The van der Waals surface area contributed by atoms with Crippen molar-refractivity contribution < 1.29 is 13.2 Å². The number of benzene rings is 2. The van der Waals surface area contributed by atoms with Crippen LogP contribution in [0.5, 0.6) is 0 Å². The van der Waals surface area contributed by atoms with Crippen LogP contribution in [-0.4, -0.2) is 18.6 Å². The van der Waals surface area contributed by atoms with Crippen LogP contribution in [0.25, 0.3) is 0 Å². The fourth-order valence-electron chi connectivity index (χ4n) is 2.19. The Morgan fingerprint density at radius 2 is 1.80 bits per heavy atom. The van der Waals surface area contributed by atoms with Crippen LogP contribution in [0.4, 0.5) is 0 Å². The molecule has 1 aliphatic rings. The van der Waals surface area contributed by atoms with Gasteiger partial charge in [-0.3, -0.25) is 4.79 Å². The second-order valence-corrected chi connectivity index (χ2v) is 7.19. The minimum Gasteiger partial charge on any atom is -0.268 e. The number of amides is 1. The summed E-state index contributed by atoms with van der Waals surface area (Å²) in [6.45, 7) is 0.0370. The Morgan fingerprint density at radius 1 is 1.05 bits per heavy atom. The van der Waals surface area contributed by atoms with Gasteiger partial charge < -0.3 is 0 Å². The Morgan fingerprint density at radius 3 is 2.50 bits per heavy atom. The third kappa shape index (κ3) is 2.05. The molecule has 0 aliphatic carbocycles. The second kappa shape index (κ2) is 4.71. The number of carbonyl (C=O) groups is 1. The third-order valence-electron chi connectivity index (χ3n) is 3.13. The van der Waals surface area contributed by atoms with Gasteiger partial charge in [-0.15, -0.1) is 0 Å². The van der Waals surface area contributed by atoms with Crippen LogP contribution >= 0.6 is 15.9 Å². The summed E-state index contributed by atoms with van der Waals surface area (Å²) >= 11 is 3.33. The maximum Gasteiger partial charge on any atom is 0.269 e. The van der Waals surface area contributed by atoms with Gasteiger partial charge in [0, 0.05) is 4.47 Å². The summed E-state index contributed by atoms with van der Waals surface area (Å²) in [5, 5.41) is 0. The predicted octanol–water partition coefficient (Wildman–Crippen LogP) is 2.79. The topological polar surface area (TPSA) is 54.5 Å². The Kier molecular flexibility index (Phi) is 3.14.